The van der Waals surface area contributed by atoms with Crippen LogP contribution in [0.3, 0.4) is 0 Å². The predicted molar refractivity (Wildman–Crippen MR) is 136 cm³/mol. The number of hydrogen-bond donors (Lipinski definition) is 1. The number of halogens is 1. The van der Waals surface area contributed by atoms with Crippen LogP contribution in [0.1, 0.15) is 37.6 Å². The lowest BCUT2D eigenvalue weighted by molar-refractivity contribution is 0.102. The number of hydrogen-bond acceptors (Lipinski definition) is 7. The number of rotatable bonds is 11. The monoisotopic (exact) mass is 536 g/mol. The van der Waals surface area contributed by atoms with Crippen molar-refractivity contribution >= 4 is 33.2 Å². The van der Waals surface area contributed by atoms with Gasteiger partial charge in [0.05, 0.1) is 56.0 Å². The second kappa shape index (κ2) is 12.7. The summed E-state index contributed by atoms with van der Waals surface area (Å²) >= 11 is 3.50. The molecule has 1 fully saturated rings. The van der Waals surface area contributed by atoms with Crippen LogP contribution in [0.2, 0.25) is 0 Å². The van der Waals surface area contributed by atoms with Gasteiger partial charge in [-0.05, 0) is 48.3 Å². The van der Waals surface area contributed by atoms with Gasteiger partial charge >= 0.3 is 0 Å². The molecule has 1 heterocycles. The summed E-state index contributed by atoms with van der Waals surface area (Å²) in [5.74, 6) is 2.02. The summed E-state index contributed by atoms with van der Waals surface area (Å²) in [4.78, 5) is 15.4. The number of amides is 1. The lowest BCUT2D eigenvalue weighted by Gasteiger charge is -2.31. The smallest absolute Gasteiger partial charge is 0.255 e. The van der Waals surface area contributed by atoms with Gasteiger partial charge < -0.3 is 33.9 Å². The zero-order valence-electron chi connectivity index (χ0n) is 20.2. The SMILES string of the molecule is CCCOc1c(Br)cc(C(=O)Nc2cc(OCC)c(N3CCOCC3)cc2OCC)cc1OC. The van der Waals surface area contributed by atoms with Gasteiger partial charge in [-0.2, -0.15) is 0 Å². The molecule has 186 valence electrons. The Morgan fingerprint density at radius 1 is 1.00 bits per heavy atom. The van der Waals surface area contributed by atoms with E-state index in [9.17, 15) is 4.79 Å². The second-order valence-electron chi connectivity index (χ2n) is 7.57. The van der Waals surface area contributed by atoms with Crippen LogP contribution in [0.4, 0.5) is 11.4 Å². The van der Waals surface area contributed by atoms with Gasteiger partial charge in [-0.3, -0.25) is 4.79 Å². The molecule has 0 radical (unpaired) electrons. The molecule has 34 heavy (non-hydrogen) atoms. The third-order valence-electron chi connectivity index (χ3n) is 5.20. The summed E-state index contributed by atoms with van der Waals surface area (Å²) in [5.41, 5.74) is 1.88. The Bertz CT molecular complexity index is 978. The summed E-state index contributed by atoms with van der Waals surface area (Å²) in [7, 11) is 1.55. The number of morpholine rings is 1. The van der Waals surface area contributed by atoms with Gasteiger partial charge in [0.2, 0.25) is 0 Å². The first-order valence-electron chi connectivity index (χ1n) is 11.6. The van der Waals surface area contributed by atoms with Gasteiger partial charge in [0.25, 0.3) is 5.91 Å². The van der Waals surface area contributed by atoms with E-state index in [1.807, 2.05) is 32.9 Å². The third-order valence-corrected chi connectivity index (χ3v) is 5.79. The van der Waals surface area contributed by atoms with Crippen LogP contribution in [0.15, 0.2) is 28.7 Å². The molecule has 1 N–H and O–H groups in total. The van der Waals surface area contributed by atoms with Crippen LogP contribution in [0.25, 0.3) is 0 Å². The first-order valence-corrected chi connectivity index (χ1v) is 12.4. The van der Waals surface area contributed by atoms with Gasteiger partial charge in [-0.1, -0.05) is 6.92 Å². The lowest BCUT2D eigenvalue weighted by atomic mass is 10.1. The zero-order chi connectivity index (χ0) is 24.5. The highest BCUT2D eigenvalue weighted by Gasteiger charge is 2.22. The van der Waals surface area contributed by atoms with Crippen LogP contribution in [-0.4, -0.2) is 59.1 Å². The van der Waals surface area contributed by atoms with E-state index in [0.717, 1.165) is 25.2 Å². The van der Waals surface area contributed by atoms with Crippen molar-refractivity contribution in [1.29, 1.82) is 0 Å². The largest absolute Gasteiger partial charge is 0.493 e. The normalized spacial score (nSPS) is 13.4. The van der Waals surface area contributed by atoms with Crippen molar-refractivity contribution in [2.24, 2.45) is 0 Å². The summed E-state index contributed by atoms with van der Waals surface area (Å²) < 4.78 is 29.2. The maximum absolute atomic E-state index is 13.2. The van der Waals surface area contributed by atoms with E-state index in [4.69, 9.17) is 23.7 Å². The van der Waals surface area contributed by atoms with Crippen molar-refractivity contribution in [3.8, 4) is 23.0 Å². The van der Waals surface area contributed by atoms with Crippen LogP contribution in [0, 0.1) is 0 Å². The molecule has 0 atom stereocenters. The molecule has 2 aromatic carbocycles. The number of benzene rings is 2. The van der Waals surface area contributed by atoms with Gasteiger partial charge in [0, 0.05) is 30.8 Å². The Morgan fingerprint density at radius 2 is 1.71 bits per heavy atom. The fraction of sp³-hybridized carbons (Fsp3) is 0.480. The van der Waals surface area contributed by atoms with Gasteiger partial charge in [-0.25, -0.2) is 0 Å². The van der Waals surface area contributed by atoms with Crippen LogP contribution >= 0.6 is 15.9 Å². The number of nitrogens with one attached hydrogen (secondary N) is 1. The standard InChI is InChI=1S/C25H33BrN2O6/c1-5-10-34-24-18(26)13-17(14-23(24)30-4)25(29)27-19-15-22(33-7-3)20(16-21(19)32-6-2)28-8-11-31-12-9-28/h13-16H,5-12H2,1-4H3,(H,27,29). The van der Waals surface area contributed by atoms with Crippen molar-refractivity contribution in [2.45, 2.75) is 27.2 Å². The minimum Gasteiger partial charge on any atom is -0.493 e. The number of methoxy groups -OCH3 is 1. The maximum Gasteiger partial charge on any atom is 0.255 e. The molecule has 0 bridgehead atoms. The van der Waals surface area contributed by atoms with E-state index in [1.165, 1.54) is 0 Å². The minimum atomic E-state index is -0.302. The molecule has 1 amide bonds. The molecule has 1 aliphatic rings. The molecule has 9 heteroatoms. The van der Waals surface area contributed by atoms with Crippen molar-refractivity contribution in [3.05, 3.63) is 34.3 Å². The van der Waals surface area contributed by atoms with Crippen LogP contribution < -0.4 is 29.2 Å². The molecule has 0 unspecified atom stereocenters. The third kappa shape index (κ3) is 6.27. The summed E-state index contributed by atoms with van der Waals surface area (Å²) in [6.07, 6.45) is 0.862. The van der Waals surface area contributed by atoms with Crippen molar-refractivity contribution in [2.75, 3.05) is 63.5 Å². The average Bonchev–Trinajstić information content (AvgIpc) is 2.85. The molecule has 0 saturated carbocycles. The summed E-state index contributed by atoms with van der Waals surface area (Å²) in [5, 5.41) is 2.98. The van der Waals surface area contributed by atoms with Crippen LogP contribution in [0.5, 0.6) is 23.0 Å². The highest BCUT2D eigenvalue weighted by Crippen LogP contribution is 2.40. The fourth-order valence-corrected chi connectivity index (χ4v) is 4.19. The van der Waals surface area contributed by atoms with Crippen molar-refractivity contribution < 1.29 is 28.5 Å². The Morgan fingerprint density at radius 3 is 2.35 bits per heavy atom. The molecule has 0 aromatic heterocycles. The molecule has 1 saturated heterocycles. The molecule has 1 aliphatic heterocycles. The Labute approximate surface area is 209 Å². The topological polar surface area (TPSA) is 78.5 Å². The molecule has 0 aliphatic carbocycles. The number of carbonyl (C=O) groups excluding carboxylic acids is 1. The molecule has 0 spiro atoms. The van der Waals surface area contributed by atoms with E-state index in [2.05, 4.69) is 26.1 Å². The van der Waals surface area contributed by atoms with E-state index < -0.39 is 0 Å². The van der Waals surface area contributed by atoms with E-state index in [-0.39, 0.29) is 5.91 Å². The minimum absolute atomic E-state index is 0.302. The zero-order valence-corrected chi connectivity index (χ0v) is 21.8. The van der Waals surface area contributed by atoms with Crippen LogP contribution in [-0.2, 0) is 4.74 Å². The quantitative estimate of drug-likeness (QED) is 0.426. The summed E-state index contributed by atoms with van der Waals surface area (Å²) in [6, 6.07) is 7.13. The second-order valence-corrected chi connectivity index (χ2v) is 8.43. The first kappa shape index (κ1) is 26.0. The Hall–Kier alpha value is -2.65. The first-order chi connectivity index (χ1) is 16.5. The number of nitrogens with zero attached hydrogens (tertiary/aromatic N) is 1. The highest BCUT2D eigenvalue weighted by atomic mass is 79.9. The number of anilines is 2. The van der Waals surface area contributed by atoms with Crippen molar-refractivity contribution in [3.63, 3.8) is 0 Å². The molecule has 8 nitrogen and oxygen atoms in total. The van der Waals surface area contributed by atoms with Crippen molar-refractivity contribution in [1.82, 2.24) is 0 Å². The Balaban J connectivity index is 1.93. The van der Waals surface area contributed by atoms with E-state index >= 15 is 0 Å². The average molecular weight is 537 g/mol. The predicted octanol–water partition coefficient (Wildman–Crippen LogP) is 5.13. The highest BCUT2D eigenvalue weighted by molar-refractivity contribution is 9.10. The molecule has 3 rings (SSSR count). The molecular formula is C25H33BrN2O6. The summed E-state index contributed by atoms with van der Waals surface area (Å²) in [6.45, 7) is 10.2. The van der Waals surface area contributed by atoms with Gasteiger partial charge in [0.15, 0.2) is 11.5 Å². The molecule has 2 aromatic rings. The number of ether oxygens (including phenoxy) is 5. The van der Waals surface area contributed by atoms with E-state index in [1.54, 1.807) is 19.2 Å². The van der Waals surface area contributed by atoms with Gasteiger partial charge in [0.1, 0.15) is 11.5 Å². The van der Waals surface area contributed by atoms with Gasteiger partial charge in [-0.15, -0.1) is 0 Å². The van der Waals surface area contributed by atoms with E-state index in [0.29, 0.717) is 71.8 Å². The maximum atomic E-state index is 13.2. The molecular weight excluding hydrogens is 504 g/mol. The Kier molecular flexibility index (Phi) is 9.71. The number of carbonyl (C=O) groups is 1. The lowest BCUT2D eigenvalue weighted by Crippen LogP contribution is -2.36. The fourth-order valence-electron chi connectivity index (χ4n) is 3.63.